The molecule has 0 atom stereocenters. The van der Waals surface area contributed by atoms with E-state index in [1.165, 1.54) is 0 Å². The zero-order valence-electron chi connectivity index (χ0n) is 8.19. The van der Waals surface area contributed by atoms with Gasteiger partial charge in [0.1, 0.15) is 0 Å². The highest BCUT2D eigenvalue weighted by atomic mass is 79.9. The lowest BCUT2D eigenvalue weighted by Gasteiger charge is -2.03. The summed E-state index contributed by atoms with van der Waals surface area (Å²) in [6.45, 7) is -0.0930. The van der Waals surface area contributed by atoms with Crippen molar-refractivity contribution in [1.82, 2.24) is 9.97 Å². The fraction of sp³-hybridized carbons (Fsp3) is 0.0909. The minimum absolute atomic E-state index is 0.0930. The summed E-state index contributed by atoms with van der Waals surface area (Å²) >= 11 is 9.24. The molecule has 2 aromatic rings. The van der Waals surface area contributed by atoms with E-state index in [2.05, 4.69) is 25.9 Å². The number of nitrogens with zero attached hydrogens (tertiary/aromatic N) is 2. The van der Waals surface area contributed by atoms with Gasteiger partial charge in [0.25, 0.3) is 0 Å². The summed E-state index contributed by atoms with van der Waals surface area (Å²) in [5.74, 6) is 0.573. The molecule has 2 rings (SSSR count). The average molecular weight is 300 g/mol. The zero-order valence-corrected chi connectivity index (χ0v) is 10.5. The van der Waals surface area contributed by atoms with Crippen molar-refractivity contribution in [2.75, 3.05) is 0 Å². The number of halogens is 2. The van der Waals surface area contributed by atoms with Crippen LogP contribution in [0, 0.1) is 0 Å². The predicted octanol–water partition coefficient (Wildman–Crippen LogP) is 3.05. The lowest BCUT2D eigenvalue weighted by atomic mass is 10.2. The Morgan fingerprint density at radius 2 is 2.12 bits per heavy atom. The molecule has 1 N–H and O–H groups in total. The lowest BCUT2D eigenvalue weighted by Crippen LogP contribution is -1.94. The Hall–Kier alpha value is -0.970. The van der Waals surface area contributed by atoms with Crippen LogP contribution in [-0.2, 0) is 6.61 Å². The molecule has 16 heavy (non-hydrogen) atoms. The van der Waals surface area contributed by atoms with Crippen LogP contribution in [0.1, 0.15) is 5.69 Å². The van der Waals surface area contributed by atoms with Gasteiger partial charge >= 0.3 is 0 Å². The summed E-state index contributed by atoms with van der Waals surface area (Å²) < 4.78 is 0.796. The number of hydrogen-bond donors (Lipinski definition) is 1. The van der Waals surface area contributed by atoms with Crippen LogP contribution in [0.3, 0.4) is 0 Å². The van der Waals surface area contributed by atoms with Crippen LogP contribution in [0.15, 0.2) is 34.9 Å². The molecule has 0 radical (unpaired) electrons. The minimum atomic E-state index is -0.0930. The summed E-state index contributed by atoms with van der Waals surface area (Å²) in [6.07, 6.45) is 1.62. The second-order valence-corrected chi connectivity index (χ2v) is 4.42. The quantitative estimate of drug-likeness (QED) is 0.927. The molecule has 0 amide bonds. The molecule has 0 saturated heterocycles. The van der Waals surface area contributed by atoms with Crippen LogP contribution in [0.25, 0.3) is 11.4 Å². The molecular formula is C11H8BrClN2O. The highest BCUT2D eigenvalue weighted by Crippen LogP contribution is 2.27. The van der Waals surface area contributed by atoms with Crippen LogP contribution >= 0.6 is 27.5 Å². The van der Waals surface area contributed by atoms with E-state index in [0.29, 0.717) is 16.5 Å². The third kappa shape index (κ3) is 2.40. The number of aliphatic hydroxyl groups is 1. The molecule has 0 bridgehead atoms. The van der Waals surface area contributed by atoms with E-state index in [9.17, 15) is 0 Å². The van der Waals surface area contributed by atoms with Crippen molar-refractivity contribution >= 4 is 27.5 Å². The molecule has 0 unspecified atom stereocenters. The van der Waals surface area contributed by atoms with E-state index in [1.807, 2.05) is 12.1 Å². The Morgan fingerprint density at radius 1 is 1.31 bits per heavy atom. The fourth-order valence-corrected chi connectivity index (χ4v) is 1.75. The van der Waals surface area contributed by atoms with Gasteiger partial charge in [0.05, 0.1) is 17.3 Å². The van der Waals surface area contributed by atoms with E-state index in [1.54, 1.807) is 18.3 Å². The van der Waals surface area contributed by atoms with Crippen LogP contribution < -0.4 is 0 Å². The Morgan fingerprint density at radius 3 is 2.81 bits per heavy atom. The molecular weight excluding hydrogens is 291 g/mol. The minimum Gasteiger partial charge on any atom is -0.390 e. The number of benzene rings is 1. The number of rotatable bonds is 2. The first-order valence-corrected chi connectivity index (χ1v) is 5.76. The Kier molecular flexibility index (Phi) is 3.53. The van der Waals surface area contributed by atoms with Gasteiger partial charge in [-0.15, -0.1) is 0 Å². The van der Waals surface area contributed by atoms with Crippen molar-refractivity contribution in [3.8, 4) is 11.4 Å². The Labute approximate surface area is 106 Å². The van der Waals surface area contributed by atoms with Crippen LogP contribution in [-0.4, -0.2) is 15.1 Å². The molecule has 0 fully saturated rings. The first-order chi connectivity index (χ1) is 7.70. The van der Waals surface area contributed by atoms with Crippen LogP contribution in [0.5, 0.6) is 0 Å². The monoisotopic (exact) mass is 298 g/mol. The average Bonchev–Trinajstić information content (AvgIpc) is 2.33. The molecule has 1 heterocycles. The predicted molar refractivity (Wildman–Crippen MR) is 66.1 cm³/mol. The molecule has 0 spiro atoms. The third-order valence-electron chi connectivity index (χ3n) is 2.05. The standard InChI is InChI=1S/C11H8BrClN2O/c12-9-5-7(1-2-10(9)13)11-14-4-3-8(6-16)15-11/h1-5,16H,6H2. The molecule has 5 heteroatoms. The maximum absolute atomic E-state index is 8.99. The maximum atomic E-state index is 8.99. The van der Waals surface area contributed by atoms with E-state index in [4.69, 9.17) is 16.7 Å². The molecule has 82 valence electrons. The highest BCUT2D eigenvalue weighted by molar-refractivity contribution is 9.10. The third-order valence-corrected chi connectivity index (χ3v) is 3.27. The largest absolute Gasteiger partial charge is 0.390 e. The van der Waals surface area contributed by atoms with Gasteiger partial charge in [-0.2, -0.15) is 0 Å². The first-order valence-electron chi connectivity index (χ1n) is 4.59. The van der Waals surface area contributed by atoms with Gasteiger partial charge in [-0.3, -0.25) is 0 Å². The first kappa shape index (κ1) is 11.5. The number of aromatic nitrogens is 2. The molecule has 1 aromatic heterocycles. The normalized spacial score (nSPS) is 10.4. The fourth-order valence-electron chi connectivity index (χ4n) is 1.26. The van der Waals surface area contributed by atoms with Crippen molar-refractivity contribution in [2.45, 2.75) is 6.61 Å². The molecule has 0 saturated carbocycles. The summed E-state index contributed by atoms with van der Waals surface area (Å²) in [6, 6.07) is 7.13. The topological polar surface area (TPSA) is 46.0 Å². The summed E-state index contributed by atoms with van der Waals surface area (Å²) in [5, 5.41) is 9.63. The van der Waals surface area contributed by atoms with E-state index < -0.39 is 0 Å². The SMILES string of the molecule is OCc1ccnc(-c2ccc(Cl)c(Br)c2)n1. The van der Waals surface area contributed by atoms with Crippen LogP contribution in [0.4, 0.5) is 0 Å². The van der Waals surface area contributed by atoms with Crippen molar-refractivity contribution in [3.63, 3.8) is 0 Å². The van der Waals surface area contributed by atoms with Gasteiger partial charge in [0, 0.05) is 16.2 Å². The van der Waals surface area contributed by atoms with Gasteiger partial charge in [-0.05, 0) is 40.2 Å². The van der Waals surface area contributed by atoms with Gasteiger partial charge in [-0.25, -0.2) is 9.97 Å². The molecule has 0 aliphatic heterocycles. The van der Waals surface area contributed by atoms with Crippen molar-refractivity contribution in [1.29, 1.82) is 0 Å². The number of aliphatic hydroxyl groups excluding tert-OH is 1. The van der Waals surface area contributed by atoms with Gasteiger partial charge < -0.3 is 5.11 Å². The van der Waals surface area contributed by atoms with Crippen molar-refractivity contribution in [2.24, 2.45) is 0 Å². The second kappa shape index (κ2) is 4.91. The second-order valence-electron chi connectivity index (χ2n) is 3.16. The highest BCUT2D eigenvalue weighted by Gasteiger charge is 2.04. The van der Waals surface area contributed by atoms with E-state index in [-0.39, 0.29) is 6.61 Å². The van der Waals surface area contributed by atoms with Gasteiger partial charge in [0.2, 0.25) is 0 Å². The molecule has 3 nitrogen and oxygen atoms in total. The van der Waals surface area contributed by atoms with E-state index in [0.717, 1.165) is 10.0 Å². The van der Waals surface area contributed by atoms with Crippen molar-refractivity contribution < 1.29 is 5.11 Å². The summed E-state index contributed by atoms with van der Waals surface area (Å²) in [5.41, 5.74) is 1.45. The van der Waals surface area contributed by atoms with Crippen molar-refractivity contribution in [3.05, 3.63) is 45.7 Å². The summed E-state index contributed by atoms with van der Waals surface area (Å²) in [4.78, 5) is 8.35. The zero-order chi connectivity index (χ0) is 11.5. The Balaban J connectivity index is 2.46. The summed E-state index contributed by atoms with van der Waals surface area (Å²) in [7, 11) is 0. The Bertz CT molecular complexity index is 519. The van der Waals surface area contributed by atoms with E-state index >= 15 is 0 Å². The molecule has 0 aliphatic carbocycles. The number of hydrogen-bond acceptors (Lipinski definition) is 3. The smallest absolute Gasteiger partial charge is 0.159 e. The molecule has 1 aromatic carbocycles. The lowest BCUT2D eigenvalue weighted by molar-refractivity contribution is 0.277. The van der Waals surface area contributed by atoms with Crippen LogP contribution in [0.2, 0.25) is 5.02 Å². The van der Waals surface area contributed by atoms with Gasteiger partial charge in [-0.1, -0.05) is 11.6 Å². The maximum Gasteiger partial charge on any atom is 0.159 e. The van der Waals surface area contributed by atoms with Gasteiger partial charge in [0.15, 0.2) is 5.82 Å². The molecule has 0 aliphatic rings.